The molecule has 7 nitrogen and oxygen atoms in total. The topological polar surface area (TPSA) is 96.4 Å². The fourth-order valence-corrected chi connectivity index (χ4v) is 6.97. The largest absolute Gasteiger partial charge is 0.455 e. The summed E-state index contributed by atoms with van der Waals surface area (Å²) in [4.78, 5) is 28.6. The van der Waals surface area contributed by atoms with E-state index in [1.807, 2.05) is 30.3 Å². The average Bonchev–Trinajstić information content (AvgIpc) is 3.57. The van der Waals surface area contributed by atoms with Crippen molar-refractivity contribution in [3.63, 3.8) is 0 Å². The van der Waals surface area contributed by atoms with Crippen LogP contribution in [0.2, 0.25) is 0 Å². The van der Waals surface area contributed by atoms with Crippen LogP contribution in [0.5, 0.6) is 0 Å². The van der Waals surface area contributed by atoms with Crippen LogP contribution in [0.25, 0.3) is 10.6 Å². The van der Waals surface area contributed by atoms with Gasteiger partial charge in [0.15, 0.2) is 5.13 Å². The van der Waals surface area contributed by atoms with Gasteiger partial charge in [-0.15, -0.1) is 11.3 Å². The number of aromatic nitrogens is 1. The fraction of sp³-hybridized carbons (Fsp3) is 0.192. The monoisotopic (exact) mass is 593 g/mol. The first-order valence-electron chi connectivity index (χ1n) is 11.5. The van der Waals surface area contributed by atoms with Crippen LogP contribution in [-0.2, 0) is 16.6 Å². The molecule has 1 N–H and O–H groups in total. The number of thiophene rings is 1. The molecular weight excluding hydrogens is 571 g/mol. The number of thiazole rings is 1. The summed E-state index contributed by atoms with van der Waals surface area (Å²) in [6, 6.07) is 17.1. The molecule has 204 valence electrons. The summed E-state index contributed by atoms with van der Waals surface area (Å²) < 4.78 is 67.5. The zero-order valence-electron chi connectivity index (χ0n) is 20.6. The molecular formula is C26H22F3N3O4S3. The van der Waals surface area contributed by atoms with Gasteiger partial charge in [-0.25, -0.2) is 13.4 Å². The second-order valence-electron chi connectivity index (χ2n) is 8.61. The Balaban J connectivity index is 1.56. The number of carbonyl (C=O) groups is 2. The fourth-order valence-electron chi connectivity index (χ4n) is 3.63. The Morgan fingerprint density at radius 3 is 2.23 bits per heavy atom. The Kier molecular flexibility index (Phi) is 8.35. The van der Waals surface area contributed by atoms with Crippen LogP contribution >= 0.6 is 22.7 Å². The third-order valence-electron chi connectivity index (χ3n) is 5.55. The van der Waals surface area contributed by atoms with Crippen LogP contribution in [0.4, 0.5) is 18.3 Å². The van der Waals surface area contributed by atoms with Gasteiger partial charge in [-0.1, -0.05) is 47.7 Å². The number of carbonyl (C=O) groups excluding carboxylic acids is 2. The molecule has 0 fully saturated rings. The lowest BCUT2D eigenvalue weighted by Crippen LogP contribution is -2.36. The molecule has 2 aromatic heterocycles. The van der Waals surface area contributed by atoms with Crippen molar-refractivity contribution in [1.82, 2.24) is 9.29 Å². The predicted octanol–water partition coefficient (Wildman–Crippen LogP) is 6.47. The number of hydrogen-bond donors (Lipinski definition) is 1. The minimum absolute atomic E-state index is 0.0176. The highest BCUT2D eigenvalue weighted by atomic mass is 32.2. The number of sulfonamides is 1. The molecule has 2 heterocycles. The lowest BCUT2D eigenvalue weighted by Gasteiger charge is -2.26. The summed E-state index contributed by atoms with van der Waals surface area (Å²) in [5.41, 5.74) is 0.713. The highest BCUT2D eigenvalue weighted by Gasteiger charge is 2.42. The zero-order chi connectivity index (χ0) is 28.4. The molecule has 0 aliphatic rings. The second-order valence-corrected chi connectivity index (χ2v) is 12.4. The minimum Gasteiger partial charge on any atom is -0.298 e. The maximum Gasteiger partial charge on any atom is 0.455 e. The van der Waals surface area contributed by atoms with Crippen molar-refractivity contribution in [3.05, 3.63) is 88.1 Å². The van der Waals surface area contributed by atoms with Crippen molar-refractivity contribution in [3.8, 4) is 10.6 Å². The summed E-state index contributed by atoms with van der Waals surface area (Å²) in [6.45, 7) is 3.69. The first-order valence-corrected chi connectivity index (χ1v) is 14.6. The van der Waals surface area contributed by atoms with E-state index >= 15 is 0 Å². The van der Waals surface area contributed by atoms with E-state index < -0.39 is 32.8 Å². The molecule has 0 atom stereocenters. The average molecular weight is 594 g/mol. The molecule has 0 aliphatic carbocycles. The van der Waals surface area contributed by atoms with E-state index in [2.05, 4.69) is 10.3 Å². The number of Topliss-reactive ketones (excluding diaryl/α,β-unsaturated/α-hetero) is 1. The molecule has 4 aromatic rings. The Bertz CT molecular complexity index is 1570. The number of nitrogens with zero attached hydrogens (tertiary/aromatic N) is 2. The van der Waals surface area contributed by atoms with Gasteiger partial charge < -0.3 is 0 Å². The minimum atomic E-state index is -5.11. The van der Waals surface area contributed by atoms with Crippen LogP contribution < -0.4 is 5.32 Å². The second kappa shape index (κ2) is 11.4. The molecule has 0 aliphatic heterocycles. The maximum absolute atomic E-state index is 13.3. The van der Waals surface area contributed by atoms with Gasteiger partial charge in [-0.2, -0.15) is 17.5 Å². The van der Waals surface area contributed by atoms with E-state index in [9.17, 15) is 31.2 Å². The van der Waals surface area contributed by atoms with Gasteiger partial charge in [0.1, 0.15) is 10.6 Å². The third kappa shape index (κ3) is 6.44. The normalized spacial score (nSPS) is 12.2. The van der Waals surface area contributed by atoms with Gasteiger partial charge in [0.25, 0.3) is 11.7 Å². The van der Waals surface area contributed by atoms with Crippen LogP contribution in [0.1, 0.15) is 39.4 Å². The molecule has 0 spiro atoms. The predicted molar refractivity (Wildman–Crippen MR) is 145 cm³/mol. The smallest absolute Gasteiger partial charge is 0.298 e. The number of anilines is 1. The van der Waals surface area contributed by atoms with Crippen molar-refractivity contribution < 1.29 is 31.2 Å². The number of nitrogens with one attached hydrogen (secondary N) is 1. The van der Waals surface area contributed by atoms with Gasteiger partial charge in [0.2, 0.25) is 10.0 Å². The van der Waals surface area contributed by atoms with Crippen molar-refractivity contribution in [2.75, 3.05) is 5.32 Å². The van der Waals surface area contributed by atoms with E-state index in [1.165, 1.54) is 34.6 Å². The van der Waals surface area contributed by atoms with Crippen molar-refractivity contribution in [2.24, 2.45) is 0 Å². The van der Waals surface area contributed by atoms with Crippen molar-refractivity contribution in [2.45, 2.75) is 37.5 Å². The highest BCUT2D eigenvalue weighted by Crippen LogP contribution is 2.37. The van der Waals surface area contributed by atoms with Crippen LogP contribution in [0.15, 0.2) is 77.0 Å². The van der Waals surface area contributed by atoms with Gasteiger partial charge in [0, 0.05) is 18.2 Å². The van der Waals surface area contributed by atoms with Gasteiger partial charge >= 0.3 is 6.18 Å². The Labute approximate surface area is 231 Å². The molecule has 0 bridgehead atoms. The van der Waals surface area contributed by atoms with E-state index in [0.29, 0.717) is 16.2 Å². The first kappa shape index (κ1) is 28.6. The Morgan fingerprint density at radius 2 is 1.67 bits per heavy atom. The van der Waals surface area contributed by atoms with Crippen LogP contribution in [0, 0.1) is 0 Å². The molecule has 0 radical (unpaired) electrons. The zero-order valence-corrected chi connectivity index (χ0v) is 23.0. The lowest BCUT2D eigenvalue weighted by molar-refractivity contribution is -0.0882. The highest BCUT2D eigenvalue weighted by molar-refractivity contribution is 7.89. The molecule has 2 aromatic carbocycles. The SMILES string of the molecule is CC(C)N(Cc1ccccc1)S(=O)(=O)c1ccc(C(=O)Nc2nc(-c3cccs3)c(C(=O)C(F)(F)F)s2)cc1. The number of rotatable bonds is 9. The molecule has 0 unspecified atom stereocenters. The third-order valence-corrected chi connectivity index (χ3v) is 9.43. The number of alkyl halides is 3. The number of halogens is 3. The van der Waals surface area contributed by atoms with Gasteiger partial charge in [0.05, 0.1) is 9.77 Å². The van der Waals surface area contributed by atoms with E-state index in [1.54, 1.807) is 25.3 Å². The molecule has 1 amide bonds. The number of benzene rings is 2. The van der Waals surface area contributed by atoms with Crippen LogP contribution in [-0.4, -0.2) is 41.6 Å². The quantitative estimate of drug-likeness (QED) is 0.225. The van der Waals surface area contributed by atoms with Crippen molar-refractivity contribution in [1.29, 1.82) is 0 Å². The van der Waals surface area contributed by atoms with E-state index in [4.69, 9.17) is 0 Å². The Hall–Kier alpha value is -3.39. The number of hydrogen-bond acceptors (Lipinski definition) is 7. The lowest BCUT2D eigenvalue weighted by atomic mass is 10.2. The Morgan fingerprint density at radius 1 is 1.00 bits per heavy atom. The summed E-state index contributed by atoms with van der Waals surface area (Å²) in [5, 5.41) is 3.85. The first-order chi connectivity index (χ1) is 18.4. The standard InChI is InChI=1S/C26H22F3N3O4S3/c1-16(2)32(15-17-7-4-3-5-8-17)39(35,36)19-12-10-18(11-13-19)24(34)31-25-30-21(20-9-6-14-37-20)22(38-25)23(33)26(27,28)29/h3-14,16H,15H2,1-2H3,(H,30,31,34). The summed E-state index contributed by atoms with van der Waals surface area (Å²) in [5.74, 6) is -2.77. The summed E-state index contributed by atoms with van der Waals surface area (Å²) >= 11 is 1.53. The van der Waals surface area contributed by atoms with E-state index in [-0.39, 0.29) is 33.9 Å². The number of ketones is 1. The van der Waals surface area contributed by atoms with Gasteiger partial charge in [-0.3, -0.25) is 14.9 Å². The van der Waals surface area contributed by atoms with E-state index in [0.717, 1.165) is 16.9 Å². The van der Waals surface area contributed by atoms with Gasteiger partial charge in [-0.05, 0) is 55.1 Å². The molecule has 13 heteroatoms. The molecule has 0 saturated carbocycles. The maximum atomic E-state index is 13.3. The van der Waals surface area contributed by atoms with Crippen molar-refractivity contribution >= 4 is 49.5 Å². The molecule has 4 rings (SSSR count). The molecule has 0 saturated heterocycles. The summed E-state index contributed by atoms with van der Waals surface area (Å²) in [6.07, 6.45) is -5.11. The number of amides is 1. The van der Waals surface area contributed by atoms with Crippen LogP contribution in [0.3, 0.4) is 0 Å². The molecule has 39 heavy (non-hydrogen) atoms. The summed E-state index contributed by atoms with van der Waals surface area (Å²) in [7, 11) is -3.90.